The van der Waals surface area contributed by atoms with Crippen molar-refractivity contribution in [1.29, 1.82) is 0 Å². The molecule has 1 aliphatic carbocycles. The van der Waals surface area contributed by atoms with Crippen LogP contribution >= 0.6 is 0 Å². The average molecular weight is 168 g/mol. The van der Waals surface area contributed by atoms with Gasteiger partial charge in [-0.25, -0.2) is 0 Å². The van der Waals surface area contributed by atoms with Crippen LogP contribution in [0.4, 0.5) is 0 Å². The molecule has 2 aliphatic rings. The second-order valence-electron chi connectivity index (χ2n) is 4.91. The van der Waals surface area contributed by atoms with Gasteiger partial charge in [0.1, 0.15) is 0 Å². The highest BCUT2D eigenvalue weighted by Gasteiger charge is 2.43. The molecule has 0 radical (unpaired) electrons. The highest BCUT2D eigenvalue weighted by Crippen LogP contribution is 2.47. The van der Waals surface area contributed by atoms with Gasteiger partial charge < -0.3 is 4.74 Å². The number of fused-ring (bicyclic) bond motifs is 1. The van der Waals surface area contributed by atoms with Crippen molar-refractivity contribution < 1.29 is 4.74 Å². The Labute approximate surface area is 75.5 Å². The first-order chi connectivity index (χ1) is 5.74. The third-order valence-electron chi connectivity index (χ3n) is 4.06. The lowest BCUT2D eigenvalue weighted by Crippen LogP contribution is -2.32. The fourth-order valence-corrected chi connectivity index (χ4v) is 2.81. The molecule has 0 spiro atoms. The van der Waals surface area contributed by atoms with Gasteiger partial charge in [0.25, 0.3) is 0 Å². The van der Waals surface area contributed by atoms with Crippen LogP contribution in [0.5, 0.6) is 0 Å². The fourth-order valence-electron chi connectivity index (χ4n) is 2.81. The van der Waals surface area contributed by atoms with Gasteiger partial charge in [0.05, 0.1) is 13.2 Å². The fraction of sp³-hybridized carbons (Fsp3) is 1.00. The van der Waals surface area contributed by atoms with Crippen LogP contribution in [0.1, 0.15) is 39.5 Å². The summed E-state index contributed by atoms with van der Waals surface area (Å²) in [6, 6.07) is 0. The van der Waals surface area contributed by atoms with E-state index in [4.69, 9.17) is 4.74 Å². The van der Waals surface area contributed by atoms with Gasteiger partial charge in [-0.15, -0.1) is 0 Å². The van der Waals surface area contributed by atoms with Crippen LogP contribution in [0, 0.1) is 17.3 Å². The summed E-state index contributed by atoms with van der Waals surface area (Å²) >= 11 is 0. The zero-order valence-electron chi connectivity index (χ0n) is 8.31. The summed E-state index contributed by atoms with van der Waals surface area (Å²) in [6.07, 6.45) is 5.63. The van der Waals surface area contributed by atoms with Crippen LogP contribution < -0.4 is 0 Å². The van der Waals surface area contributed by atoms with Crippen molar-refractivity contribution in [2.75, 3.05) is 13.2 Å². The number of hydrogen-bond acceptors (Lipinski definition) is 1. The number of ether oxygens (including phenoxy) is 1. The zero-order valence-corrected chi connectivity index (χ0v) is 8.31. The summed E-state index contributed by atoms with van der Waals surface area (Å²) in [5, 5.41) is 0. The summed E-state index contributed by atoms with van der Waals surface area (Å²) in [7, 11) is 0. The van der Waals surface area contributed by atoms with Crippen molar-refractivity contribution in [1.82, 2.24) is 0 Å². The van der Waals surface area contributed by atoms with E-state index in [-0.39, 0.29) is 0 Å². The first-order valence-electron chi connectivity index (χ1n) is 5.32. The minimum atomic E-state index is 0.547. The first-order valence-corrected chi connectivity index (χ1v) is 5.32. The van der Waals surface area contributed by atoms with Crippen molar-refractivity contribution in [3.05, 3.63) is 0 Å². The molecular formula is C11H20O. The van der Waals surface area contributed by atoms with E-state index in [0.717, 1.165) is 25.0 Å². The predicted molar refractivity (Wildman–Crippen MR) is 50.0 cm³/mol. The maximum absolute atomic E-state index is 5.59. The van der Waals surface area contributed by atoms with Crippen LogP contribution in [0.25, 0.3) is 0 Å². The molecule has 1 nitrogen and oxygen atoms in total. The molecule has 0 aromatic heterocycles. The molecule has 1 saturated carbocycles. The molecule has 0 aromatic carbocycles. The SMILES string of the molecule is CCC1CCC2(C)COCC2C1. The second kappa shape index (κ2) is 3.02. The lowest BCUT2D eigenvalue weighted by Gasteiger charge is -2.38. The van der Waals surface area contributed by atoms with E-state index in [1.165, 1.54) is 25.7 Å². The van der Waals surface area contributed by atoms with Gasteiger partial charge in [-0.05, 0) is 36.5 Å². The van der Waals surface area contributed by atoms with Crippen LogP contribution in [0.15, 0.2) is 0 Å². The maximum Gasteiger partial charge on any atom is 0.0523 e. The molecule has 12 heavy (non-hydrogen) atoms. The monoisotopic (exact) mass is 168 g/mol. The van der Waals surface area contributed by atoms with Crippen LogP contribution in [0.3, 0.4) is 0 Å². The van der Waals surface area contributed by atoms with Crippen molar-refractivity contribution in [3.63, 3.8) is 0 Å². The molecule has 3 unspecified atom stereocenters. The Morgan fingerprint density at radius 1 is 1.50 bits per heavy atom. The molecule has 0 aromatic rings. The maximum atomic E-state index is 5.59. The molecule has 1 saturated heterocycles. The standard InChI is InChI=1S/C11H20O/c1-3-9-4-5-11(2)8-12-7-10(11)6-9/h9-10H,3-8H2,1-2H3. The van der Waals surface area contributed by atoms with Gasteiger partial charge in [0.2, 0.25) is 0 Å². The number of hydrogen-bond donors (Lipinski definition) is 0. The molecule has 0 amide bonds. The molecular weight excluding hydrogens is 148 g/mol. The van der Waals surface area contributed by atoms with Crippen molar-refractivity contribution in [2.45, 2.75) is 39.5 Å². The predicted octanol–water partition coefficient (Wildman–Crippen LogP) is 2.85. The largest absolute Gasteiger partial charge is 0.381 e. The topological polar surface area (TPSA) is 9.23 Å². The van der Waals surface area contributed by atoms with E-state index >= 15 is 0 Å². The molecule has 0 bridgehead atoms. The van der Waals surface area contributed by atoms with E-state index < -0.39 is 0 Å². The zero-order chi connectivity index (χ0) is 8.60. The molecule has 2 fully saturated rings. The summed E-state index contributed by atoms with van der Waals surface area (Å²) in [5.74, 6) is 1.86. The first kappa shape index (κ1) is 8.55. The molecule has 1 heteroatoms. The normalized spacial score (nSPS) is 47.5. The Bertz CT molecular complexity index is 166. The van der Waals surface area contributed by atoms with Crippen molar-refractivity contribution in [3.8, 4) is 0 Å². The summed E-state index contributed by atoms with van der Waals surface area (Å²) in [6.45, 7) is 6.79. The van der Waals surface area contributed by atoms with E-state index in [1.54, 1.807) is 0 Å². The van der Waals surface area contributed by atoms with Crippen LogP contribution in [-0.4, -0.2) is 13.2 Å². The molecule has 0 N–H and O–H groups in total. The van der Waals surface area contributed by atoms with Gasteiger partial charge >= 0.3 is 0 Å². The van der Waals surface area contributed by atoms with Crippen molar-refractivity contribution >= 4 is 0 Å². The molecule has 1 heterocycles. The second-order valence-corrected chi connectivity index (χ2v) is 4.91. The van der Waals surface area contributed by atoms with E-state index in [2.05, 4.69) is 13.8 Å². The molecule has 2 rings (SSSR count). The Balaban J connectivity index is 2.02. The van der Waals surface area contributed by atoms with E-state index in [0.29, 0.717) is 5.41 Å². The van der Waals surface area contributed by atoms with Gasteiger partial charge in [0.15, 0.2) is 0 Å². The smallest absolute Gasteiger partial charge is 0.0523 e. The molecule has 1 aliphatic heterocycles. The lowest BCUT2D eigenvalue weighted by atomic mass is 9.66. The van der Waals surface area contributed by atoms with Gasteiger partial charge in [-0.3, -0.25) is 0 Å². The minimum Gasteiger partial charge on any atom is -0.381 e. The summed E-state index contributed by atoms with van der Waals surface area (Å²) < 4.78 is 5.59. The van der Waals surface area contributed by atoms with Crippen LogP contribution in [0.2, 0.25) is 0 Å². The highest BCUT2D eigenvalue weighted by atomic mass is 16.5. The average Bonchev–Trinajstić information content (AvgIpc) is 2.45. The minimum absolute atomic E-state index is 0.547. The third kappa shape index (κ3) is 1.28. The van der Waals surface area contributed by atoms with Gasteiger partial charge in [0, 0.05) is 0 Å². The highest BCUT2D eigenvalue weighted by molar-refractivity contribution is 4.92. The van der Waals surface area contributed by atoms with Gasteiger partial charge in [-0.2, -0.15) is 0 Å². The molecule has 70 valence electrons. The van der Waals surface area contributed by atoms with E-state index in [9.17, 15) is 0 Å². The van der Waals surface area contributed by atoms with E-state index in [1.807, 2.05) is 0 Å². The Hall–Kier alpha value is -0.0400. The van der Waals surface area contributed by atoms with Crippen LogP contribution in [-0.2, 0) is 4.74 Å². The quantitative estimate of drug-likeness (QED) is 0.585. The molecule has 3 atom stereocenters. The Morgan fingerprint density at radius 2 is 2.33 bits per heavy atom. The Kier molecular flexibility index (Phi) is 2.16. The third-order valence-corrected chi connectivity index (χ3v) is 4.06. The van der Waals surface area contributed by atoms with Gasteiger partial charge in [-0.1, -0.05) is 20.3 Å². The Morgan fingerprint density at radius 3 is 3.08 bits per heavy atom. The lowest BCUT2D eigenvalue weighted by molar-refractivity contribution is 0.118. The number of rotatable bonds is 1. The van der Waals surface area contributed by atoms with Crippen molar-refractivity contribution in [2.24, 2.45) is 17.3 Å². The summed E-state index contributed by atoms with van der Waals surface area (Å²) in [5.41, 5.74) is 0.547. The summed E-state index contributed by atoms with van der Waals surface area (Å²) in [4.78, 5) is 0.